The molecule has 1 aromatic carbocycles. The van der Waals surface area contributed by atoms with E-state index in [1.54, 1.807) is 0 Å². The van der Waals surface area contributed by atoms with E-state index in [9.17, 15) is 8.78 Å². The number of anilines is 1. The van der Waals surface area contributed by atoms with Crippen LogP contribution in [0.2, 0.25) is 0 Å². The van der Waals surface area contributed by atoms with Gasteiger partial charge >= 0.3 is 0 Å². The zero-order valence-electron chi connectivity index (χ0n) is 8.88. The largest absolute Gasteiger partial charge is 0.409 e. The van der Waals surface area contributed by atoms with Crippen LogP contribution in [0.4, 0.5) is 14.5 Å². The number of rotatable bonds is 5. The van der Waals surface area contributed by atoms with E-state index in [1.165, 1.54) is 6.07 Å². The number of nitrogens with one attached hydrogen (secondary N) is 1. The van der Waals surface area contributed by atoms with Crippen LogP contribution in [0.1, 0.15) is 12.8 Å². The van der Waals surface area contributed by atoms with Gasteiger partial charge in [0.2, 0.25) is 0 Å². The summed E-state index contributed by atoms with van der Waals surface area (Å²) in [5.41, 5.74) is 5.47. The molecule has 1 aromatic rings. The Kier molecular flexibility index (Phi) is 5.14. The quantitative estimate of drug-likeness (QED) is 0.257. The molecule has 0 fully saturated rings. The summed E-state index contributed by atoms with van der Waals surface area (Å²) in [4.78, 5) is 0. The molecule has 1 rings (SSSR count). The number of benzene rings is 1. The van der Waals surface area contributed by atoms with Gasteiger partial charge in [-0.2, -0.15) is 0 Å². The Bertz CT molecular complexity index is 403. The van der Waals surface area contributed by atoms with Crippen molar-refractivity contribution in [1.29, 1.82) is 0 Å². The Labute approximate surface area is 106 Å². The minimum absolute atomic E-state index is 0.116. The molecule has 4 nitrogen and oxygen atoms in total. The molecule has 4 N–H and O–H groups in total. The van der Waals surface area contributed by atoms with Gasteiger partial charge in [-0.05, 0) is 28.4 Å². The van der Waals surface area contributed by atoms with Crippen LogP contribution in [0, 0.1) is 11.6 Å². The summed E-state index contributed by atoms with van der Waals surface area (Å²) in [5, 5.41) is 13.9. The Morgan fingerprint density at radius 1 is 1.47 bits per heavy atom. The molecule has 0 saturated carbocycles. The SMILES string of the molecule is NC(CCCNc1c(F)cc(F)cc1Br)=NO. The smallest absolute Gasteiger partial charge is 0.150 e. The van der Waals surface area contributed by atoms with Gasteiger partial charge in [0.05, 0.1) is 5.69 Å². The van der Waals surface area contributed by atoms with Gasteiger partial charge in [-0.15, -0.1) is 0 Å². The van der Waals surface area contributed by atoms with Crippen molar-refractivity contribution in [3.63, 3.8) is 0 Å². The highest BCUT2D eigenvalue weighted by atomic mass is 79.9. The summed E-state index contributed by atoms with van der Waals surface area (Å²) in [6, 6.07) is 1.98. The molecule has 94 valence electrons. The van der Waals surface area contributed by atoms with Crippen LogP contribution >= 0.6 is 15.9 Å². The molecule has 0 aliphatic carbocycles. The van der Waals surface area contributed by atoms with Gasteiger partial charge in [0.25, 0.3) is 0 Å². The fourth-order valence-corrected chi connectivity index (χ4v) is 1.79. The summed E-state index contributed by atoms with van der Waals surface area (Å²) in [7, 11) is 0. The molecular formula is C10H12BrF2N3O. The third-order valence-electron chi connectivity index (χ3n) is 2.05. The molecule has 0 spiro atoms. The Hall–Kier alpha value is -1.37. The van der Waals surface area contributed by atoms with Gasteiger partial charge < -0.3 is 16.3 Å². The number of oxime groups is 1. The van der Waals surface area contributed by atoms with Crippen molar-refractivity contribution in [3.8, 4) is 0 Å². The molecule has 0 unspecified atom stereocenters. The Morgan fingerprint density at radius 3 is 2.76 bits per heavy atom. The minimum atomic E-state index is -0.666. The van der Waals surface area contributed by atoms with Crippen LogP contribution in [0.3, 0.4) is 0 Å². The Balaban J connectivity index is 2.52. The second-order valence-corrected chi connectivity index (χ2v) is 4.22. The predicted octanol–water partition coefficient (Wildman–Crippen LogP) is 2.67. The van der Waals surface area contributed by atoms with E-state index in [1.807, 2.05) is 0 Å². The van der Waals surface area contributed by atoms with E-state index >= 15 is 0 Å². The molecule has 0 radical (unpaired) electrons. The van der Waals surface area contributed by atoms with Crippen LogP contribution < -0.4 is 11.1 Å². The number of nitrogens with two attached hydrogens (primary N) is 1. The average Bonchev–Trinajstić information content (AvgIpc) is 2.26. The number of halogens is 3. The molecule has 17 heavy (non-hydrogen) atoms. The molecule has 0 amide bonds. The molecule has 0 aliphatic rings. The molecule has 0 aromatic heterocycles. The zero-order chi connectivity index (χ0) is 12.8. The second-order valence-electron chi connectivity index (χ2n) is 3.37. The lowest BCUT2D eigenvalue weighted by molar-refractivity contribution is 0.316. The maximum atomic E-state index is 13.3. The summed E-state index contributed by atoms with van der Waals surface area (Å²) in [6.07, 6.45) is 0.961. The lowest BCUT2D eigenvalue weighted by atomic mass is 10.2. The molecule has 0 bridgehead atoms. The summed E-state index contributed by atoms with van der Waals surface area (Å²) in [5.74, 6) is -1.19. The minimum Gasteiger partial charge on any atom is -0.409 e. The first-order chi connectivity index (χ1) is 8.04. The van der Waals surface area contributed by atoms with Crippen LogP contribution in [0.15, 0.2) is 21.8 Å². The molecule has 0 heterocycles. The monoisotopic (exact) mass is 307 g/mol. The molecule has 7 heteroatoms. The average molecular weight is 308 g/mol. The van der Waals surface area contributed by atoms with Crippen LogP contribution in [-0.2, 0) is 0 Å². The predicted molar refractivity (Wildman–Crippen MR) is 65.2 cm³/mol. The highest BCUT2D eigenvalue weighted by molar-refractivity contribution is 9.10. The number of nitrogens with zero attached hydrogens (tertiary/aromatic N) is 1. The van der Waals surface area contributed by atoms with E-state index in [0.29, 0.717) is 23.9 Å². The maximum absolute atomic E-state index is 13.3. The highest BCUT2D eigenvalue weighted by Gasteiger charge is 2.08. The fourth-order valence-electron chi connectivity index (χ4n) is 1.24. The number of hydrogen-bond donors (Lipinski definition) is 3. The highest BCUT2D eigenvalue weighted by Crippen LogP contribution is 2.26. The summed E-state index contributed by atoms with van der Waals surface area (Å²) >= 11 is 3.06. The molecule has 0 atom stereocenters. The maximum Gasteiger partial charge on any atom is 0.150 e. The van der Waals surface area contributed by atoms with Crippen molar-refractivity contribution in [2.45, 2.75) is 12.8 Å². The molecule has 0 aliphatic heterocycles. The fraction of sp³-hybridized carbons (Fsp3) is 0.300. The first-order valence-electron chi connectivity index (χ1n) is 4.89. The third-order valence-corrected chi connectivity index (χ3v) is 2.67. The van der Waals surface area contributed by atoms with Gasteiger partial charge in [-0.1, -0.05) is 5.16 Å². The van der Waals surface area contributed by atoms with E-state index in [4.69, 9.17) is 10.9 Å². The van der Waals surface area contributed by atoms with Gasteiger partial charge in [-0.25, -0.2) is 8.78 Å². The lowest BCUT2D eigenvalue weighted by Gasteiger charge is -2.09. The van der Waals surface area contributed by atoms with Gasteiger partial charge in [0.15, 0.2) is 0 Å². The van der Waals surface area contributed by atoms with Crippen LogP contribution in [0.25, 0.3) is 0 Å². The molecule has 0 saturated heterocycles. The van der Waals surface area contributed by atoms with Gasteiger partial charge in [-0.3, -0.25) is 0 Å². The van der Waals surface area contributed by atoms with Gasteiger partial charge in [0.1, 0.15) is 17.5 Å². The van der Waals surface area contributed by atoms with Crippen LogP contribution in [0.5, 0.6) is 0 Å². The Morgan fingerprint density at radius 2 is 2.18 bits per heavy atom. The standard InChI is InChI=1S/C10H12BrF2N3O/c11-7-4-6(12)5-8(13)10(7)15-3-1-2-9(14)16-17/h4-5,15,17H,1-3H2,(H2,14,16). The second kappa shape index (κ2) is 6.39. The van der Waals surface area contributed by atoms with Crippen molar-refractivity contribution < 1.29 is 14.0 Å². The third kappa shape index (κ3) is 4.18. The van der Waals surface area contributed by atoms with Crippen molar-refractivity contribution >= 4 is 27.5 Å². The summed E-state index contributed by atoms with van der Waals surface area (Å²) in [6.45, 7) is 0.428. The van der Waals surface area contributed by atoms with E-state index < -0.39 is 11.6 Å². The number of hydrogen-bond acceptors (Lipinski definition) is 3. The summed E-state index contributed by atoms with van der Waals surface area (Å²) < 4.78 is 26.5. The van der Waals surface area contributed by atoms with Crippen LogP contribution in [-0.4, -0.2) is 17.6 Å². The van der Waals surface area contributed by atoms with Gasteiger partial charge in [0, 0.05) is 23.5 Å². The van der Waals surface area contributed by atoms with E-state index in [2.05, 4.69) is 26.4 Å². The first kappa shape index (κ1) is 13.7. The first-order valence-corrected chi connectivity index (χ1v) is 5.68. The van der Waals surface area contributed by atoms with Crippen molar-refractivity contribution in [3.05, 3.63) is 28.2 Å². The van der Waals surface area contributed by atoms with Crippen molar-refractivity contribution in [2.75, 3.05) is 11.9 Å². The van der Waals surface area contributed by atoms with E-state index in [-0.39, 0.29) is 11.5 Å². The lowest BCUT2D eigenvalue weighted by Crippen LogP contribution is -2.14. The zero-order valence-corrected chi connectivity index (χ0v) is 10.5. The normalized spacial score (nSPS) is 11.6. The number of amidine groups is 1. The van der Waals surface area contributed by atoms with E-state index in [0.717, 1.165) is 6.07 Å². The molecular weight excluding hydrogens is 296 g/mol. The van der Waals surface area contributed by atoms with Crippen molar-refractivity contribution in [1.82, 2.24) is 0 Å². The van der Waals surface area contributed by atoms with Crippen molar-refractivity contribution in [2.24, 2.45) is 10.9 Å². The topological polar surface area (TPSA) is 70.6 Å².